The second-order valence-corrected chi connectivity index (χ2v) is 16.8. The fourth-order valence-electron chi connectivity index (χ4n) is 8.44. The molecule has 0 aromatic heterocycles. The molecule has 1 spiro atoms. The molecule has 2 aliphatic rings. The molecule has 3 N–H and O–H groups in total. The Bertz CT molecular complexity index is 844. The summed E-state index contributed by atoms with van der Waals surface area (Å²) >= 11 is 0. The van der Waals surface area contributed by atoms with Crippen molar-refractivity contribution in [2.45, 2.75) is 233 Å². The van der Waals surface area contributed by atoms with Crippen molar-refractivity contribution in [3.05, 3.63) is 0 Å². The number of aliphatic hydroxyl groups excluding tert-OH is 2. The second kappa shape index (κ2) is 32.1. The lowest BCUT2D eigenvalue weighted by atomic mass is 9.77. The van der Waals surface area contributed by atoms with Gasteiger partial charge >= 0.3 is 11.9 Å². The SMILES string of the molecule is CCCCCCCCC(CCCCCC)C(=O)O.CCCCCCCCC(CCCCCC)C(=O)OC1CC2(CCN(CCCCO)CC2)CC1O. The Labute approximate surface area is 321 Å². The van der Waals surface area contributed by atoms with Gasteiger partial charge in [0.15, 0.2) is 0 Å². The number of likely N-dealkylation sites (tertiary alicyclic amines) is 1. The molecule has 0 aromatic carbocycles. The molecule has 0 radical (unpaired) electrons. The maximum Gasteiger partial charge on any atom is 0.309 e. The number of ether oxygens (including phenoxy) is 1. The summed E-state index contributed by atoms with van der Waals surface area (Å²) in [5.74, 6) is -0.721. The van der Waals surface area contributed by atoms with Crippen molar-refractivity contribution >= 4 is 11.9 Å². The van der Waals surface area contributed by atoms with Crippen molar-refractivity contribution in [1.82, 2.24) is 4.90 Å². The van der Waals surface area contributed by atoms with Gasteiger partial charge in [-0.15, -0.1) is 0 Å². The van der Waals surface area contributed by atoms with Crippen LogP contribution in [-0.2, 0) is 14.3 Å². The molecule has 7 nitrogen and oxygen atoms in total. The molecular formula is C45H87NO6. The molecule has 2 rings (SSSR count). The number of hydrogen-bond donors (Lipinski definition) is 3. The molecule has 308 valence electrons. The Hall–Kier alpha value is -1.18. The van der Waals surface area contributed by atoms with Crippen LogP contribution in [0.3, 0.4) is 0 Å². The number of carbonyl (C=O) groups is 2. The van der Waals surface area contributed by atoms with E-state index in [2.05, 4.69) is 32.6 Å². The van der Waals surface area contributed by atoms with E-state index in [0.717, 1.165) is 110 Å². The molecule has 4 unspecified atom stereocenters. The monoisotopic (exact) mass is 738 g/mol. The minimum absolute atomic E-state index is 0.000142. The lowest BCUT2D eigenvalue weighted by Crippen LogP contribution is -2.39. The predicted molar refractivity (Wildman–Crippen MR) is 218 cm³/mol. The number of piperidine rings is 1. The molecule has 0 bridgehead atoms. The average Bonchev–Trinajstić information content (AvgIpc) is 3.43. The number of hydrogen-bond acceptors (Lipinski definition) is 6. The molecule has 1 saturated heterocycles. The van der Waals surface area contributed by atoms with Crippen LogP contribution < -0.4 is 0 Å². The van der Waals surface area contributed by atoms with Crippen LogP contribution in [-0.4, -0.2) is 70.6 Å². The quantitative estimate of drug-likeness (QED) is 0.0480. The summed E-state index contributed by atoms with van der Waals surface area (Å²) in [5.41, 5.74) is 0.133. The second-order valence-electron chi connectivity index (χ2n) is 16.8. The van der Waals surface area contributed by atoms with E-state index in [9.17, 15) is 19.8 Å². The first-order valence-electron chi connectivity index (χ1n) is 22.7. The van der Waals surface area contributed by atoms with Gasteiger partial charge in [-0.3, -0.25) is 9.59 Å². The standard InChI is InChI=1S/C29H55NO4.C16H32O2/c1-3-5-7-9-10-12-16-25(15-11-8-6-4-2)28(33)34-27-24-29(23-26(27)32)17-20-30(21-18-29)19-13-14-22-31;1-3-5-7-9-10-12-14-15(16(17)18)13-11-8-6-4-2/h25-27,31-32H,3-24H2,1-2H3;15H,3-14H2,1-2H3,(H,17,18). The Morgan fingerprint density at radius 3 is 1.48 bits per heavy atom. The van der Waals surface area contributed by atoms with Gasteiger partial charge in [0.2, 0.25) is 0 Å². The van der Waals surface area contributed by atoms with Crippen LogP contribution in [0.2, 0.25) is 0 Å². The fraction of sp³-hybridized carbons (Fsp3) is 0.956. The van der Waals surface area contributed by atoms with Gasteiger partial charge in [-0.1, -0.05) is 156 Å². The topological polar surface area (TPSA) is 107 Å². The highest BCUT2D eigenvalue weighted by atomic mass is 16.6. The van der Waals surface area contributed by atoms with Gasteiger partial charge in [0.1, 0.15) is 6.10 Å². The van der Waals surface area contributed by atoms with Crippen LogP contribution in [0.15, 0.2) is 0 Å². The van der Waals surface area contributed by atoms with Crippen LogP contribution in [0, 0.1) is 17.3 Å². The first-order chi connectivity index (χ1) is 25.2. The van der Waals surface area contributed by atoms with Gasteiger partial charge in [0.05, 0.1) is 17.9 Å². The van der Waals surface area contributed by atoms with E-state index < -0.39 is 12.1 Å². The fourth-order valence-corrected chi connectivity index (χ4v) is 8.44. The molecule has 1 aliphatic heterocycles. The minimum atomic E-state index is -0.583. The Morgan fingerprint density at radius 2 is 1.04 bits per heavy atom. The van der Waals surface area contributed by atoms with Crippen molar-refractivity contribution < 1.29 is 29.6 Å². The summed E-state index contributed by atoms with van der Waals surface area (Å²) < 4.78 is 6.04. The van der Waals surface area contributed by atoms with E-state index >= 15 is 0 Å². The number of carbonyl (C=O) groups excluding carboxylic acids is 1. The number of rotatable bonds is 31. The molecule has 1 aliphatic carbocycles. The zero-order chi connectivity index (χ0) is 38.3. The molecule has 4 atom stereocenters. The van der Waals surface area contributed by atoms with Crippen molar-refractivity contribution in [3.63, 3.8) is 0 Å². The van der Waals surface area contributed by atoms with E-state index in [0.29, 0.717) is 0 Å². The highest BCUT2D eigenvalue weighted by Crippen LogP contribution is 2.47. The number of nitrogens with zero attached hydrogens (tertiary/aromatic N) is 1. The maximum atomic E-state index is 13.2. The summed E-state index contributed by atoms with van der Waals surface area (Å²) in [6, 6.07) is 0. The van der Waals surface area contributed by atoms with E-state index in [-0.39, 0.29) is 35.9 Å². The highest BCUT2D eigenvalue weighted by Gasteiger charge is 2.48. The molecular weight excluding hydrogens is 650 g/mol. The van der Waals surface area contributed by atoms with Crippen molar-refractivity contribution in [2.75, 3.05) is 26.2 Å². The average molecular weight is 738 g/mol. The third-order valence-electron chi connectivity index (χ3n) is 12.1. The number of aliphatic carboxylic acids is 1. The molecule has 2 fully saturated rings. The lowest BCUT2D eigenvalue weighted by Gasteiger charge is -2.39. The van der Waals surface area contributed by atoms with E-state index in [1.165, 1.54) is 103 Å². The Morgan fingerprint density at radius 1 is 0.615 bits per heavy atom. The summed E-state index contributed by atoms with van der Waals surface area (Å²) in [6.45, 7) is 12.3. The zero-order valence-electron chi connectivity index (χ0n) is 34.9. The molecule has 0 aromatic rings. The molecule has 7 heteroatoms. The molecule has 52 heavy (non-hydrogen) atoms. The van der Waals surface area contributed by atoms with Gasteiger partial charge < -0.3 is 25.0 Å². The summed E-state index contributed by atoms with van der Waals surface area (Å²) in [4.78, 5) is 26.8. The Balaban J connectivity index is 0.000000636. The van der Waals surface area contributed by atoms with Gasteiger partial charge in [-0.05, 0) is 89.3 Å². The number of esters is 1. The van der Waals surface area contributed by atoms with Gasteiger partial charge in [0, 0.05) is 6.61 Å². The van der Waals surface area contributed by atoms with Crippen LogP contribution in [0.25, 0.3) is 0 Å². The van der Waals surface area contributed by atoms with Gasteiger partial charge in [-0.25, -0.2) is 0 Å². The number of unbranched alkanes of at least 4 members (excludes halogenated alkanes) is 17. The summed E-state index contributed by atoms with van der Waals surface area (Å²) in [6.07, 6.45) is 32.9. The van der Waals surface area contributed by atoms with Gasteiger partial charge in [0.25, 0.3) is 0 Å². The third-order valence-corrected chi connectivity index (χ3v) is 12.1. The van der Waals surface area contributed by atoms with E-state index in [1.807, 2.05) is 0 Å². The van der Waals surface area contributed by atoms with Crippen molar-refractivity contribution in [2.24, 2.45) is 17.3 Å². The van der Waals surface area contributed by atoms with Gasteiger partial charge in [-0.2, -0.15) is 0 Å². The molecule has 0 amide bonds. The van der Waals surface area contributed by atoms with Crippen LogP contribution >= 0.6 is 0 Å². The van der Waals surface area contributed by atoms with E-state index in [1.54, 1.807) is 0 Å². The minimum Gasteiger partial charge on any atom is -0.481 e. The van der Waals surface area contributed by atoms with Crippen molar-refractivity contribution in [3.8, 4) is 0 Å². The number of aliphatic hydroxyl groups is 2. The highest BCUT2D eigenvalue weighted by molar-refractivity contribution is 5.72. The maximum absolute atomic E-state index is 13.2. The van der Waals surface area contributed by atoms with Crippen LogP contribution in [0.1, 0.15) is 220 Å². The van der Waals surface area contributed by atoms with Crippen LogP contribution in [0.5, 0.6) is 0 Å². The zero-order valence-corrected chi connectivity index (χ0v) is 34.9. The predicted octanol–water partition coefficient (Wildman–Crippen LogP) is 11.7. The largest absolute Gasteiger partial charge is 0.481 e. The van der Waals surface area contributed by atoms with Crippen molar-refractivity contribution in [1.29, 1.82) is 0 Å². The molecule has 1 heterocycles. The Kier molecular flexibility index (Phi) is 30.1. The number of carboxylic acids is 1. The normalized spacial score (nSPS) is 19.7. The molecule has 1 saturated carbocycles. The third kappa shape index (κ3) is 22.9. The van der Waals surface area contributed by atoms with Crippen LogP contribution in [0.4, 0.5) is 0 Å². The first-order valence-corrected chi connectivity index (χ1v) is 22.7. The summed E-state index contributed by atoms with van der Waals surface area (Å²) in [7, 11) is 0. The first kappa shape index (κ1) is 48.8. The smallest absolute Gasteiger partial charge is 0.309 e. The summed E-state index contributed by atoms with van der Waals surface area (Å²) in [5, 5.41) is 29.0. The lowest BCUT2D eigenvalue weighted by molar-refractivity contribution is -0.159. The number of carboxylic acid groups (broad SMARTS) is 1. The van der Waals surface area contributed by atoms with E-state index in [4.69, 9.17) is 9.84 Å².